The molecule has 160 valence electrons. The summed E-state index contributed by atoms with van der Waals surface area (Å²) in [6.07, 6.45) is 3.07. The molecule has 3 fully saturated rings. The maximum Gasteiger partial charge on any atom is 0.337 e. The number of nitrogens with one attached hydrogen (secondary N) is 1. The smallest absolute Gasteiger partial charge is 0.337 e. The number of para-hydroxylation sites is 1. The molecule has 0 radical (unpaired) electrons. The lowest BCUT2D eigenvalue weighted by molar-refractivity contribution is -0.160. The van der Waals surface area contributed by atoms with Crippen molar-refractivity contribution >= 4 is 17.3 Å². The summed E-state index contributed by atoms with van der Waals surface area (Å²) in [7, 11) is 0. The number of carbonyl (C=O) groups is 1. The molecule has 3 aliphatic rings. The summed E-state index contributed by atoms with van der Waals surface area (Å²) in [6.45, 7) is 5.59. The first-order chi connectivity index (χ1) is 14.6. The number of fused-ring (bicyclic) bond motifs is 1. The molecule has 0 saturated heterocycles. The predicted octanol–water partition coefficient (Wildman–Crippen LogP) is 4.33. The lowest BCUT2D eigenvalue weighted by atomic mass is 9.41. The number of aromatic carboxylic acids is 1. The number of aromatic nitrogens is 2. The van der Waals surface area contributed by atoms with Gasteiger partial charge in [-0.1, -0.05) is 12.1 Å². The number of benzene rings is 1. The number of rotatable bonds is 5. The van der Waals surface area contributed by atoms with Crippen LogP contribution in [-0.4, -0.2) is 26.1 Å². The van der Waals surface area contributed by atoms with E-state index in [1.165, 1.54) is 0 Å². The van der Waals surface area contributed by atoms with Crippen molar-refractivity contribution in [3.8, 4) is 0 Å². The molecule has 31 heavy (non-hydrogen) atoms. The van der Waals surface area contributed by atoms with E-state index >= 15 is 0 Å². The Morgan fingerprint density at radius 3 is 2.58 bits per heavy atom. The zero-order valence-electron chi connectivity index (χ0n) is 17.7. The van der Waals surface area contributed by atoms with Crippen LogP contribution < -0.4 is 10.9 Å². The van der Waals surface area contributed by atoms with Gasteiger partial charge in [-0.05, 0) is 63.8 Å². The average Bonchev–Trinajstić information content (AvgIpc) is 2.68. The highest BCUT2D eigenvalue weighted by atomic mass is 19.1. The number of carboxylic acid groups (broad SMARTS) is 1. The SMILES string of the molecule is Cc1cc([C@@H](C)Nc2ccccc2C(=O)O)c2nc(C34CC(F)(C3)C4)c(C)c(=O)n2c1. The van der Waals surface area contributed by atoms with Gasteiger partial charge in [0.25, 0.3) is 5.56 Å². The zero-order valence-corrected chi connectivity index (χ0v) is 17.7. The fraction of sp³-hybridized carbons (Fsp3) is 0.375. The Morgan fingerprint density at radius 1 is 1.26 bits per heavy atom. The van der Waals surface area contributed by atoms with E-state index in [9.17, 15) is 19.1 Å². The third-order valence-electron chi connectivity index (χ3n) is 6.78. The molecule has 1 aromatic carbocycles. The Hall–Kier alpha value is -3.22. The van der Waals surface area contributed by atoms with Crippen LogP contribution in [0, 0.1) is 13.8 Å². The maximum atomic E-state index is 14.2. The Kier molecular flexibility index (Phi) is 4.07. The number of pyridine rings is 1. The Bertz CT molecular complexity index is 1290. The molecule has 1 atom stereocenters. The summed E-state index contributed by atoms with van der Waals surface area (Å²) in [5.41, 5.74) is 2.64. The molecule has 3 aromatic rings. The lowest BCUT2D eigenvalue weighted by Gasteiger charge is -2.65. The summed E-state index contributed by atoms with van der Waals surface area (Å²) < 4.78 is 15.7. The first-order valence-corrected chi connectivity index (χ1v) is 10.4. The minimum atomic E-state index is -1.08. The van der Waals surface area contributed by atoms with Gasteiger partial charge >= 0.3 is 5.97 Å². The van der Waals surface area contributed by atoms with Crippen LogP contribution in [0.1, 0.15) is 65.0 Å². The van der Waals surface area contributed by atoms with Gasteiger partial charge < -0.3 is 10.4 Å². The molecule has 3 saturated carbocycles. The summed E-state index contributed by atoms with van der Waals surface area (Å²) in [5.74, 6) is -1.01. The molecule has 6 nitrogen and oxygen atoms in total. The Labute approximate surface area is 178 Å². The Balaban J connectivity index is 1.63. The highest BCUT2D eigenvalue weighted by molar-refractivity contribution is 5.94. The number of hydrogen-bond acceptors (Lipinski definition) is 4. The number of hydrogen-bond donors (Lipinski definition) is 2. The van der Waals surface area contributed by atoms with Crippen LogP contribution >= 0.6 is 0 Å². The average molecular weight is 421 g/mol. The third kappa shape index (κ3) is 2.86. The monoisotopic (exact) mass is 421 g/mol. The molecule has 0 aliphatic heterocycles. The van der Waals surface area contributed by atoms with Crippen molar-refractivity contribution < 1.29 is 14.3 Å². The van der Waals surface area contributed by atoms with E-state index in [1.54, 1.807) is 41.8 Å². The van der Waals surface area contributed by atoms with Crippen LogP contribution in [0.5, 0.6) is 0 Å². The first kappa shape index (κ1) is 19.7. The number of alkyl halides is 1. The van der Waals surface area contributed by atoms with Crippen molar-refractivity contribution in [3.05, 3.63) is 74.8 Å². The van der Waals surface area contributed by atoms with Crippen LogP contribution in [0.15, 0.2) is 41.3 Å². The third-order valence-corrected chi connectivity index (χ3v) is 6.78. The van der Waals surface area contributed by atoms with E-state index in [4.69, 9.17) is 4.98 Å². The van der Waals surface area contributed by atoms with Gasteiger partial charge in [-0.25, -0.2) is 14.2 Å². The van der Waals surface area contributed by atoms with Crippen LogP contribution in [0.2, 0.25) is 0 Å². The summed E-state index contributed by atoms with van der Waals surface area (Å²) in [5, 5.41) is 12.8. The quantitative estimate of drug-likeness (QED) is 0.641. The molecule has 3 aliphatic carbocycles. The van der Waals surface area contributed by atoms with E-state index < -0.39 is 11.6 Å². The van der Waals surface area contributed by atoms with Gasteiger partial charge in [0.05, 0.1) is 17.3 Å². The summed E-state index contributed by atoms with van der Waals surface area (Å²) in [6, 6.07) is 8.37. The van der Waals surface area contributed by atoms with Gasteiger partial charge in [0.15, 0.2) is 0 Å². The van der Waals surface area contributed by atoms with Crippen molar-refractivity contribution in [2.75, 3.05) is 5.32 Å². The van der Waals surface area contributed by atoms with Gasteiger partial charge in [-0.3, -0.25) is 9.20 Å². The predicted molar refractivity (Wildman–Crippen MR) is 116 cm³/mol. The van der Waals surface area contributed by atoms with Gasteiger partial charge in [-0.2, -0.15) is 0 Å². The second kappa shape index (κ2) is 6.39. The summed E-state index contributed by atoms with van der Waals surface area (Å²) >= 11 is 0. The molecule has 2 bridgehead atoms. The van der Waals surface area contributed by atoms with Crippen molar-refractivity contribution in [2.45, 2.75) is 57.2 Å². The number of carboxylic acids is 1. The molecule has 0 amide bonds. The van der Waals surface area contributed by atoms with Gasteiger partial charge in [0, 0.05) is 28.4 Å². The summed E-state index contributed by atoms with van der Waals surface area (Å²) in [4.78, 5) is 29.7. The molecule has 0 unspecified atom stereocenters. The van der Waals surface area contributed by atoms with Crippen LogP contribution in [0.25, 0.3) is 5.65 Å². The number of nitrogens with zero attached hydrogens (tertiary/aromatic N) is 2. The second-order valence-corrected chi connectivity index (χ2v) is 9.24. The number of aryl methyl sites for hydroxylation is 1. The van der Waals surface area contributed by atoms with E-state index in [-0.39, 0.29) is 22.6 Å². The minimum absolute atomic E-state index is 0.138. The lowest BCUT2D eigenvalue weighted by Crippen LogP contribution is -2.67. The molecule has 6 rings (SSSR count). The molecular formula is C24H24FN3O3. The second-order valence-electron chi connectivity index (χ2n) is 9.24. The fourth-order valence-corrected chi connectivity index (χ4v) is 5.35. The van der Waals surface area contributed by atoms with Gasteiger partial charge in [0.2, 0.25) is 0 Å². The highest BCUT2D eigenvalue weighted by Gasteiger charge is 2.71. The molecule has 2 heterocycles. The zero-order chi connectivity index (χ0) is 22.1. The van der Waals surface area contributed by atoms with Gasteiger partial charge in [-0.15, -0.1) is 0 Å². The normalized spacial score (nSPS) is 24.9. The topological polar surface area (TPSA) is 83.7 Å². The van der Waals surface area contributed by atoms with E-state index in [0.717, 1.165) is 11.1 Å². The molecule has 0 spiro atoms. The van der Waals surface area contributed by atoms with Crippen molar-refractivity contribution in [1.82, 2.24) is 9.38 Å². The largest absolute Gasteiger partial charge is 0.478 e. The van der Waals surface area contributed by atoms with E-state index in [1.807, 2.05) is 19.9 Å². The van der Waals surface area contributed by atoms with E-state index in [2.05, 4.69) is 5.32 Å². The highest BCUT2D eigenvalue weighted by Crippen LogP contribution is 2.69. The maximum absolute atomic E-state index is 14.2. The molecule has 7 heteroatoms. The van der Waals surface area contributed by atoms with Crippen LogP contribution in [-0.2, 0) is 5.41 Å². The van der Waals surface area contributed by atoms with Crippen molar-refractivity contribution in [2.24, 2.45) is 0 Å². The molecular weight excluding hydrogens is 397 g/mol. The van der Waals surface area contributed by atoms with Crippen molar-refractivity contribution in [3.63, 3.8) is 0 Å². The molecule has 2 aromatic heterocycles. The van der Waals surface area contributed by atoms with Crippen LogP contribution in [0.4, 0.5) is 10.1 Å². The number of halogens is 1. The minimum Gasteiger partial charge on any atom is -0.478 e. The fourth-order valence-electron chi connectivity index (χ4n) is 5.35. The first-order valence-electron chi connectivity index (χ1n) is 10.4. The van der Waals surface area contributed by atoms with Gasteiger partial charge in [0.1, 0.15) is 11.3 Å². The Morgan fingerprint density at radius 2 is 1.94 bits per heavy atom. The number of anilines is 1. The van der Waals surface area contributed by atoms with E-state index in [0.29, 0.717) is 41.9 Å². The van der Waals surface area contributed by atoms with Crippen molar-refractivity contribution in [1.29, 1.82) is 0 Å². The standard InChI is InChI=1S/C24H24FN3O3/c1-13-8-17(15(3)26-18-7-5-4-6-16(18)22(30)31)20-27-19(14(2)21(29)28(20)9-13)23-10-24(25,11-23)12-23/h4-9,15,26H,10-12H2,1-3H3,(H,30,31)/t15-,23?,24?/m1/s1. The molecule has 2 N–H and O–H groups in total. The van der Waals surface area contributed by atoms with Crippen LogP contribution in [0.3, 0.4) is 0 Å².